The second-order valence-electron chi connectivity index (χ2n) is 5.46. The van der Waals surface area contributed by atoms with E-state index in [0.29, 0.717) is 12.4 Å². The normalized spacial score (nSPS) is 10.6. The zero-order valence-electron chi connectivity index (χ0n) is 15.0. The minimum absolute atomic E-state index is 0.111. The molecule has 6 nitrogen and oxygen atoms in total. The average molecular weight is 359 g/mol. The molecule has 140 valence electrons. The number of benzene rings is 1. The lowest BCUT2D eigenvalue weighted by Crippen LogP contribution is -2.59. The molecular formula is C20H25NO5. The number of hydrogen-bond donors (Lipinski definition) is 1. The standard InChI is InChI=1S/C20H25NO5/c1-4-12-24-16-20(15-23-6-3,17-25-13-5-2)21-19(22)14-26-18-10-8-7-9-11-18/h1-2,7-11H,6,12-17H2,3H3,(H,21,22). The smallest absolute Gasteiger partial charge is 0.258 e. The third kappa shape index (κ3) is 8.55. The van der Waals surface area contributed by atoms with Gasteiger partial charge in [-0.1, -0.05) is 30.0 Å². The van der Waals surface area contributed by atoms with E-state index in [1.54, 1.807) is 12.1 Å². The van der Waals surface area contributed by atoms with Gasteiger partial charge in [0, 0.05) is 6.61 Å². The quantitative estimate of drug-likeness (QED) is 0.424. The van der Waals surface area contributed by atoms with Gasteiger partial charge in [-0.05, 0) is 19.1 Å². The van der Waals surface area contributed by atoms with Crippen molar-refractivity contribution in [2.45, 2.75) is 12.5 Å². The Bertz CT molecular complexity index is 583. The average Bonchev–Trinajstić information content (AvgIpc) is 2.66. The maximum atomic E-state index is 12.4. The number of rotatable bonds is 13. The van der Waals surface area contributed by atoms with E-state index in [0.717, 1.165) is 0 Å². The Morgan fingerprint density at radius 1 is 1.04 bits per heavy atom. The summed E-state index contributed by atoms with van der Waals surface area (Å²) < 4.78 is 21.8. The zero-order valence-corrected chi connectivity index (χ0v) is 15.0. The van der Waals surface area contributed by atoms with Gasteiger partial charge in [0.2, 0.25) is 0 Å². The molecule has 1 aromatic rings. The highest BCUT2D eigenvalue weighted by Crippen LogP contribution is 2.11. The molecule has 0 saturated carbocycles. The van der Waals surface area contributed by atoms with Crippen LogP contribution >= 0.6 is 0 Å². The van der Waals surface area contributed by atoms with Crippen LogP contribution in [0.15, 0.2) is 30.3 Å². The topological polar surface area (TPSA) is 66.0 Å². The Morgan fingerprint density at radius 2 is 1.62 bits per heavy atom. The fourth-order valence-electron chi connectivity index (χ4n) is 2.14. The van der Waals surface area contributed by atoms with Gasteiger partial charge in [-0.2, -0.15) is 0 Å². The first-order valence-electron chi connectivity index (χ1n) is 8.25. The minimum Gasteiger partial charge on any atom is -0.484 e. The molecule has 1 N–H and O–H groups in total. The molecule has 1 amide bonds. The van der Waals surface area contributed by atoms with Crippen molar-refractivity contribution in [1.82, 2.24) is 5.32 Å². The largest absolute Gasteiger partial charge is 0.484 e. The van der Waals surface area contributed by atoms with Crippen molar-refractivity contribution in [3.05, 3.63) is 30.3 Å². The highest BCUT2D eigenvalue weighted by atomic mass is 16.5. The molecular weight excluding hydrogens is 334 g/mol. The Balaban J connectivity index is 2.73. The van der Waals surface area contributed by atoms with Gasteiger partial charge >= 0.3 is 0 Å². The van der Waals surface area contributed by atoms with E-state index in [1.165, 1.54) is 0 Å². The second-order valence-corrected chi connectivity index (χ2v) is 5.46. The Kier molecular flexibility index (Phi) is 10.6. The van der Waals surface area contributed by atoms with Gasteiger partial charge < -0.3 is 24.3 Å². The minimum atomic E-state index is -0.916. The fourth-order valence-corrected chi connectivity index (χ4v) is 2.14. The van der Waals surface area contributed by atoms with Gasteiger partial charge in [-0.15, -0.1) is 12.8 Å². The predicted molar refractivity (Wildman–Crippen MR) is 98.6 cm³/mol. The zero-order chi connectivity index (χ0) is 19.1. The summed E-state index contributed by atoms with van der Waals surface area (Å²) in [5.74, 6) is 5.05. The molecule has 26 heavy (non-hydrogen) atoms. The molecule has 0 aliphatic rings. The summed E-state index contributed by atoms with van der Waals surface area (Å²) in [6.45, 7) is 2.84. The van der Waals surface area contributed by atoms with Gasteiger partial charge in [0.1, 0.15) is 24.5 Å². The summed E-state index contributed by atoms with van der Waals surface area (Å²) in [4.78, 5) is 12.4. The summed E-state index contributed by atoms with van der Waals surface area (Å²) in [5, 5.41) is 2.88. The summed E-state index contributed by atoms with van der Waals surface area (Å²) >= 11 is 0. The number of carbonyl (C=O) groups is 1. The van der Waals surface area contributed by atoms with E-state index in [-0.39, 0.29) is 45.5 Å². The molecule has 0 fully saturated rings. The fraction of sp³-hybridized carbons (Fsp3) is 0.450. The van der Waals surface area contributed by atoms with Crippen LogP contribution < -0.4 is 10.1 Å². The van der Waals surface area contributed by atoms with Crippen molar-refractivity contribution in [2.24, 2.45) is 0 Å². The Morgan fingerprint density at radius 3 is 2.15 bits per heavy atom. The third-order valence-electron chi connectivity index (χ3n) is 3.23. The van der Waals surface area contributed by atoms with Crippen molar-refractivity contribution >= 4 is 5.91 Å². The van der Waals surface area contributed by atoms with Gasteiger partial charge in [0.05, 0.1) is 19.8 Å². The van der Waals surface area contributed by atoms with Crippen molar-refractivity contribution in [2.75, 3.05) is 46.2 Å². The summed E-state index contributed by atoms with van der Waals surface area (Å²) in [5.41, 5.74) is -0.916. The van der Waals surface area contributed by atoms with E-state index in [9.17, 15) is 4.79 Å². The van der Waals surface area contributed by atoms with Crippen LogP contribution in [0.5, 0.6) is 5.75 Å². The maximum absolute atomic E-state index is 12.4. The molecule has 0 aliphatic carbocycles. The van der Waals surface area contributed by atoms with Crippen LogP contribution in [0.1, 0.15) is 6.92 Å². The van der Waals surface area contributed by atoms with Crippen molar-refractivity contribution in [1.29, 1.82) is 0 Å². The maximum Gasteiger partial charge on any atom is 0.258 e. The Labute approximate surface area is 155 Å². The van der Waals surface area contributed by atoms with Crippen molar-refractivity contribution < 1.29 is 23.7 Å². The highest BCUT2D eigenvalue weighted by molar-refractivity contribution is 5.78. The van der Waals surface area contributed by atoms with Gasteiger partial charge in [0.25, 0.3) is 5.91 Å². The highest BCUT2D eigenvalue weighted by Gasteiger charge is 2.33. The van der Waals surface area contributed by atoms with E-state index in [2.05, 4.69) is 17.2 Å². The summed E-state index contributed by atoms with van der Waals surface area (Å²) in [6, 6.07) is 9.06. The van der Waals surface area contributed by atoms with Crippen molar-refractivity contribution in [3.8, 4) is 30.4 Å². The molecule has 0 saturated heterocycles. The van der Waals surface area contributed by atoms with Crippen LogP contribution in [0.25, 0.3) is 0 Å². The molecule has 0 aliphatic heterocycles. The molecule has 0 atom stereocenters. The molecule has 0 heterocycles. The van der Waals surface area contributed by atoms with Crippen LogP contribution in [0, 0.1) is 24.7 Å². The van der Waals surface area contributed by atoms with Crippen LogP contribution in [-0.4, -0.2) is 57.7 Å². The van der Waals surface area contributed by atoms with Gasteiger partial charge in [-0.25, -0.2) is 0 Å². The molecule has 0 spiro atoms. The van der Waals surface area contributed by atoms with E-state index >= 15 is 0 Å². The van der Waals surface area contributed by atoms with E-state index in [1.807, 2.05) is 25.1 Å². The number of para-hydroxylation sites is 1. The Hall–Kier alpha value is -2.51. The molecule has 1 rings (SSSR count). The summed E-state index contributed by atoms with van der Waals surface area (Å²) in [6.07, 6.45) is 10.4. The van der Waals surface area contributed by atoms with Crippen LogP contribution in [0.4, 0.5) is 0 Å². The van der Waals surface area contributed by atoms with Crippen molar-refractivity contribution in [3.63, 3.8) is 0 Å². The number of terminal acetylenes is 2. The van der Waals surface area contributed by atoms with Crippen LogP contribution in [0.3, 0.4) is 0 Å². The number of nitrogens with one attached hydrogen (secondary N) is 1. The lowest BCUT2D eigenvalue weighted by Gasteiger charge is -2.33. The SMILES string of the molecule is C#CCOCC(COCC)(COCC#C)NC(=O)COc1ccccc1. The lowest BCUT2D eigenvalue weighted by atomic mass is 10.0. The molecule has 0 bridgehead atoms. The van der Waals surface area contributed by atoms with Crippen LogP contribution in [-0.2, 0) is 19.0 Å². The molecule has 6 heteroatoms. The third-order valence-corrected chi connectivity index (χ3v) is 3.23. The number of hydrogen-bond acceptors (Lipinski definition) is 5. The van der Waals surface area contributed by atoms with Crippen LogP contribution in [0.2, 0.25) is 0 Å². The van der Waals surface area contributed by atoms with Gasteiger partial charge in [-0.3, -0.25) is 4.79 Å². The van der Waals surface area contributed by atoms with E-state index < -0.39 is 5.54 Å². The predicted octanol–water partition coefficient (Wildman–Crippen LogP) is 1.26. The number of amides is 1. The molecule has 1 aromatic carbocycles. The number of carbonyl (C=O) groups excluding carboxylic acids is 1. The number of ether oxygens (including phenoxy) is 4. The molecule has 0 radical (unpaired) electrons. The first-order chi connectivity index (χ1) is 12.7. The first-order valence-corrected chi connectivity index (χ1v) is 8.25. The summed E-state index contributed by atoms with van der Waals surface area (Å²) in [7, 11) is 0. The first kappa shape index (κ1) is 21.5. The lowest BCUT2D eigenvalue weighted by molar-refractivity contribution is -0.129. The second kappa shape index (κ2) is 12.8. The van der Waals surface area contributed by atoms with Gasteiger partial charge in [0.15, 0.2) is 6.61 Å². The van der Waals surface area contributed by atoms with E-state index in [4.69, 9.17) is 31.8 Å². The molecule has 0 aromatic heterocycles. The monoisotopic (exact) mass is 359 g/mol. The molecule has 0 unspecified atom stereocenters.